The second-order valence-electron chi connectivity index (χ2n) is 7.17. The van der Waals surface area contributed by atoms with Gasteiger partial charge in [-0.1, -0.05) is 0 Å². The summed E-state index contributed by atoms with van der Waals surface area (Å²) in [6.45, 7) is 0. The number of nitrogens with zero attached hydrogens (tertiary/aromatic N) is 1. The van der Waals surface area contributed by atoms with Gasteiger partial charge in [-0.3, -0.25) is 0 Å². The first-order valence-electron chi connectivity index (χ1n) is 9.92. The molecule has 4 rings (SSSR count). The normalized spacial score (nSPS) is 11.6. The van der Waals surface area contributed by atoms with E-state index in [-0.39, 0.29) is 0 Å². The maximum atomic E-state index is 4.94. The Labute approximate surface area is 184 Å². The van der Waals surface area contributed by atoms with E-state index in [1.54, 1.807) is 0 Å². The van der Waals surface area contributed by atoms with E-state index in [9.17, 15) is 0 Å². The summed E-state index contributed by atoms with van der Waals surface area (Å²) in [7, 11) is 0. The van der Waals surface area contributed by atoms with Crippen molar-refractivity contribution in [2.75, 3.05) is 12.3 Å². The van der Waals surface area contributed by atoms with Crippen molar-refractivity contribution in [3.8, 4) is 0 Å². The van der Waals surface area contributed by atoms with Crippen LogP contribution in [0.25, 0.3) is 10.9 Å². The van der Waals surface area contributed by atoms with Crippen LogP contribution in [0.4, 0.5) is 0 Å². The fraction of sp³-hybridized carbons (Fsp3) is 0.160. The molecule has 0 aliphatic rings. The second kappa shape index (κ2) is 9.92. The molecular weight excluding hydrogens is 456 g/mol. The number of aromatic nitrogens is 1. The van der Waals surface area contributed by atoms with Crippen molar-refractivity contribution < 1.29 is 0 Å². The summed E-state index contributed by atoms with van der Waals surface area (Å²) < 4.78 is -1.37. The first kappa shape index (κ1) is 20.6. The minimum absolute atomic E-state index is 1.08. The van der Waals surface area contributed by atoms with Gasteiger partial charge in [0.25, 0.3) is 0 Å². The average molecular weight is 480 g/mol. The third-order valence-corrected chi connectivity index (χ3v) is 13.9. The quantitative estimate of drug-likeness (QED) is 0.203. The molecular formula is C25H24NPSSe. The molecule has 0 spiro atoms. The van der Waals surface area contributed by atoms with Crippen LogP contribution >= 0.6 is 16.1 Å². The molecule has 29 heavy (non-hydrogen) atoms. The van der Waals surface area contributed by atoms with Gasteiger partial charge in [0, 0.05) is 0 Å². The van der Waals surface area contributed by atoms with Gasteiger partial charge in [-0.05, 0) is 0 Å². The summed E-state index contributed by atoms with van der Waals surface area (Å²) >= 11 is 5.65. The van der Waals surface area contributed by atoms with Gasteiger partial charge >= 0.3 is 185 Å². The van der Waals surface area contributed by atoms with Crippen LogP contribution in [-0.2, 0) is 12.8 Å². The first-order valence-corrected chi connectivity index (χ1v) is 15.7. The Morgan fingerprint density at radius 1 is 0.655 bits per heavy atom. The number of benzene rings is 3. The van der Waals surface area contributed by atoms with Crippen LogP contribution in [0.1, 0.15) is 11.1 Å². The molecule has 0 unspecified atom stereocenters. The van der Waals surface area contributed by atoms with Crippen molar-refractivity contribution in [1.82, 2.24) is 4.98 Å². The Kier molecular flexibility index (Phi) is 7.06. The minimum atomic E-state index is -1.37. The van der Waals surface area contributed by atoms with Gasteiger partial charge < -0.3 is 0 Å². The van der Waals surface area contributed by atoms with Crippen LogP contribution in [0.3, 0.4) is 0 Å². The molecule has 0 amide bonds. The van der Waals surface area contributed by atoms with E-state index in [4.69, 9.17) is 4.98 Å². The number of rotatable bonds is 8. The molecule has 3 aromatic carbocycles. The van der Waals surface area contributed by atoms with Crippen LogP contribution in [0.5, 0.6) is 0 Å². The molecule has 1 nitrogen and oxygen atoms in total. The predicted octanol–water partition coefficient (Wildman–Crippen LogP) is 6.83. The van der Waals surface area contributed by atoms with Crippen LogP contribution in [-0.4, -0.2) is 32.4 Å². The molecule has 0 radical (unpaired) electrons. The van der Waals surface area contributed by atoms with Crippen molar-refractivity contribution in [3.63, 3.8) is 0 Å². The molecule has 146 valence electrons. The van der Waals surface area contributed by atoms with Gasteiger partial charge in [-0.25, -0.2) is 0 Å². The third kappa shape index (κ3) is 5.93. The van der Waals surface area contributed by atoms with Crippen molar-refractivity contribution in [1.29, 1.82) is 0 Å². The van der Waals surface area contributed by atoms with Crippen molar-refractivity contribution >= 4 is 42.1 Å². The molecule has 0 saturated heterocycles. The first-order chi connectivity index (χ1) is 14.2. The zero-order chi connectivity index (χ0) is 19.9. The molecule has 0 bridgehead atoms. The van der Waals surface area contributed by atoms with E-state index >= 15 is 0 Å². The predicted molar refractivity (Wildman–Crippen MR) is 130 cm³/mol. The monoisotopic (exact) mass is 481 g/mol. The van der Waals surface area contributed by atoms with E-state index in [2.05, 4.69) is 112 Å². The summed E-state index contributed by atoms with van der Waals surface area (Å²) in [5.41, 5.74) is 3.91. The van der Waals surface area contributed by atoms with Gasteiger partial charge in [0.05, 0.1) is 0 Å². The van der Waals surface area contributed by atoms with Crippen molar-refractivity contribution in [3.05, 3.63) is 108 Å². The molecule has 0 fully saturated rings. The number of hydrogen-bond donors (Lipinski definition) is 0. The Bertz CT molecular complexity index is 1070. The molecule has 1 heterocycles. The van der Waals surface area contributed by atoms with E-state index in [0.717, 1.165) is 23.4 Å². The average Bonchev–Trinajstić information content (AvgIpc) is 2.78. The molecule has 1 aromatic heterocycles. The van der Waals surface area contributed by atoms with Crippen LogP contribution < -0.4 is 0 Å². The van der Waals surface area contributed by atoms with Crippen LogP contribution in [0, 0.1) is 0 Å². The summed E-state index contributed by atoms with van der Waals surface area (Å²) in [5, 5.41) is 2.34. The number of pyridine rings is 1. The summed E-state index contributed by atoms with van der Waals surface area (Å²) in [5.74, 6) is 0. The topological polar surface area (TPSA) is 12.9 Å². The SMILES string of the molecule is [Se]=P(CCc1ccccc1)(CCc1ccccc1)Sc1ccc2ccccc2n1. The Balaban J connectivity index is 1.54. The zero-order valence-electron chi connectivity index (χ0n) is 16.3. The molecule has 0 atom stereocenters. The molecule has 0 N–H and O–H groups in total. The van der Waals surface area contributed by atoms with Crippen molar-refractivity contribution in [2.24, 2.45) is 0 Å². The molecule has 0 saturated carbocycles. The van der Waals surface area contributed by atoms with E-state index in [0.29, 0.717) is 0 Å². The van der Waals surface area contributed by atoms with Gasteiger partial charge in [0.2, 0.25) is 0 Å². The summed E-state index contributed by atoms with van der Waals surface area (Å²) in [6, 6.07) is 34.4. The van der Waals surface area contributed by atoms with Crippen LogP contribution in [0.2, 0.25) is 0 Å². The van der Waals surface area contributed by atoms with Gasteiger partial charge in [-0.2, -0.15) is 0 Å². The number of hydrogen-bond acceptors (Lipinski definition) is 2. The summed E-state index contributed by atoms with van der Waals surface area (Å²) in [4.78, 5) is 4.94. The summed E-state index contributed by atoms with van der Waals surface area (Å²) in [6.07, 6.45) is 4.58. The number of fused-ring (bicyclic) bond motifs is 1. The van der Waals surface area contributed by atoms with Crippen molar-refractivity contribution in [2.45, 2.75) is 17.9 Å². The van der Waals surface area contributed by atoms with E-state index < -0.39 is 4.71 Å². The Morgan fingerprint density at radius 3 is 1.83 bits per heavy atom. The van der Waals surface area contributed by atoms with Gasteiger partial charge in [0.15, 0.2) is 0 Å². The molecule has 4 aromatic rings. The fourth-order valence-corrected chi connectivity index (χ4v) is 10.6. The second-order valence-corrected chi connectivity index (χ2v) is 18.9. The molecule has 4 heteroatoms. The van der Waals surface area contributed by atoms with Crippen LogP contribution in [0.15, 0.2) is 102 Å². The zero-order valence-corrected chi connectivity index (χ0v) is 19.7. The maximum absolute atomic E-state index is 4.94. The Morgan fingerprint density at radius 2 is 1.21 bits per heavy atom. The van der Waals surface area contributed by atoms with Gasteiger partial charge in [-0.15, -0.1) is 0 Å². The fourth-order valence-electron chi connectivity index (χ4n) is 3.36. The number of para-hydroxylation sites is 1. The molecule has 0 aliphatic heterocycles. The Hall–Kier alpha value is -1.63. The van der Waals surface area contributed by atoms with E-state index in [1.807, 2.05) is 11.4 Å². The third-order valence-electron chi connectivity index (χ3n) is 5.00. The molecule has 0 aliphatic carbocycles. The number of aryl methyl sites for hydroxylation is 2. The van der Waals surface area contributed by atoms with E-state index in [1.165, 1.54) is 28.8 Å². The standard InChI is InChI=1S/C25H24NPSSe/c29-27(19-17-21-9-3-1-4-10-21,20-18-22-11-5-2-6-12-22)28-25-16-15-23-13-7-8-14-24(23)26-25/h1-16H,17-20H2. The van der Waals surface area contributed by atoms with Gasteiger partial charge in [0.1, 0.15) is 0 Å².